The molecule has 12 unspecified atom stereocenters. The van der Waals surface area contributed by atoms with Crippen LogP contribution >= 0.6 is 0 Å². The summed E-state index contributed by atoms with van der Waals surface area (Å²) in [6.07, 6.45) is 14.3. The van der Waals surface area contributed by atoms with Crippen molar-refractivity contribution in [3.05, 3.63) is 36.0 Å². The number of hydrogen-bond donors (Lipinski definition) is 2. The van der Waals surface area contributed by atoms with Crippen molar-refractivity contribution in [2.45, 2.75) is 150 Å². The predicted molar refractivity (Wildman–Crippen MR) is 179 cm³/mol. The molecule has 12 atom stereocenters. The molecule has 0 aromatic rings. The molecule has 252 valence electrons. The lowest BCUT2D eigenvalue weighted by Crippen LogP contribution is -2.50. The summed E-state index contributed by atoms with van der Waals surface area (Å²) < 4.78 is 12.5. The molecular formula is C40H62O5. The zero-order valence-electron chi connectivity index (χ0n) is 29.2. The average molecular weight is 623 g/mol. The van der Waals surface area contributed by atoms with Gasteiger partial charge in [0.15, 0.2) is 12.6 Å². The third kappa shape index (κ3) is 5.68. The van der Waals surface area contributed by atoms with Crippen LogP contribution < -0.4 is 0 Å². The fourth-order valence-corrected chi connectivity index (χ4v) is 12.7. The van der Waals surface area contributed by atoms with Crippen LogP contribution in [0.2, 0.25) is 0 Å². The Morgan fingerprint density at radius 2 is 1.29 bits per heavy atom. The number of carbonyl (C=O) groups is 1. The van der Waals surface area contributed by atoms with Gasteiger partial charge in [0.1, 0.15) is 6.29 Å². The van der Waals surface area contributed by atoms with Gasteiger partial charge in [-0.05, 0) is 115 Å². The van der Waals surface area contributed by atoms with Gasteiger partial charge in [-0.25, -0.2) is 0 Å². The molecule has 0 spiro atoms. The Labute approximate surface area is 273 Å². The standard InChI is InChI=1S/C40H62O5/c1-24-11-15-31-37(3,4)17-9-19-39(31,7)27(24)14-13-26(23-41)21-29-33-34(36(43)45-35(33)42)30(44-29)22-28-25(2)12-16-32-38(5,6)18-10-20-40(28,32)8/h13,23,27-36,42-43H,1-2,9-12,14-22H2,3-8H3. The van der Waals surface area contributed by atoms with Gasteiger partial charge in [-0.1, -0.05) is 84.8 Å². The number of rotatable bonds is 7. The fraction of sp³-hybridized carbons (Fsp3) is 0.825. The number of allylic oxidation sites excluding steroid dienone is 3. The maximum Gasteiger partial charge on any atom is 0.163 e. The second-order valence-corrected chi connectivity index (χ2v) is 18.2. The minimum absolute atomic E-state index is 0.148. The molecule has 45 heavy (non-hydrogen) atoms. The summed E-state index contributed by atoms with van der Waals surface area (Å²) >= 11 is 0. The minimum Gasteiger partial charge on any atom is -0.374 e. The van der Waals surface area contributed by atoms with Gasteiger partial charge in [-0.15, -0.1) is 0 Å². The Kier molecular flexibility index (Phi) is 8.97. The number of aliphatic hydroxyl groups excluding tert-OH is 2. The van der Waals surface area contributed by atoms with Gasteiger partial charge >= 0.3 is 0 Å². The van der Waals surface area contributed by atoms with Crippen LogP contribution in [0.4, 0.5) is 0 Å². The first-order chi connectivity index (χ1) is 21.1. The Hall–Kier alpha value is -1.27. The highest BCUT2D eigenvalue weighted by atomic mass is 16.7. The van der Waals surface area contributed by atoms with Gasteiger partial charge in [-0.3, -0.25) is 4.79 Å². The van der Waals surface area contributed by atoms with Crippen molar-refractivity contribution in [3.63, 3.8) is 0 Å². The second kappa shape index (κ2) is 12.0. The second-order valence-electron chi connectivity index (χ2n) is 18.2. The molecule has 0 radical (unpaired) electrons. The zero-order chi connectivity index (χ0) is 32.5. The van der Waals surface area contributed by atoms with Gasteiger partial charge in [0.25, 0.3) is 0 Å². The minimum atomic E-state index is -1.10. The zero-order valence-corrected chi connectivity index (χ0v) is 29.2. The number of carbonyl (C=O) groups excluding carboxylic acids is 1. The smallest absolute Gasteiger partial charge is 0.163 e. The van der Waals surface area contributed by atoms with Crippen molar-refractivity contribution in [3.8, 4) is 0 Å². The summed E-state index contributed by atoms with van der Waals surface area (Å²) in [6.45, 7) is 23.8. The van der Waals surface area contributed by atoms with Crippen molar-refractivity contribution >= 4 is 6.29 Å². The average Bonchev–Trinajstić information content (AvgIpc) is 3.45. The van der Waals surface area contributed by atoms with Crippen LogP contribution in [0.1, 0.15) is 125 Å². The molecule has 5 nitrogen and oxygen atoms in total. The van der Waals surface area contributed by atoms with Crippen LogP contribution in [0.3, 0.4) is 0 Å². The SMILES string of the molecule is C=C1CCC2C(C)(C)CCCC2(C)C1CC=C(C=O)CC1OC(CC2C(=C)CCC3C(C)(C)CCCC23C)C2C(O)OC(O)C12. The number of ether oxygens (including phenoxy) is 2. The molecular weight excluding hydrogens is 560 g/mol. The normalized spacial score (nSPS) is 47.6. The summed E-state index contributed by atoms with van der Waals surface area (Å²) in [5.41, 5.74) is 4.35. The van der Waals surface area contributed by atoms with E-state index in [9.17, 15) is 15.0 Å². The molecule has 0 aromatic heterocycles. The lowest BCUT2D eigenvalue weighted by molar-refractivity contribution is -0.198. The molecule has 2 N–H and O–H groups in total. The number of aldehydes is 1. The Balaban J connectivity index is 1.20. The Morgan fingerprint density at radius 1 is 0.778 bits per heavy atom. The Morgan fingerprint density at radius 3 is 1.84 bits per heavy atom. The van der Waals surface area contributed by atoms with E-state index >= 15 is 0 Å². The predicted octanol–water partition coefficient (Wildman–Crippen LogP) is 8.55. The topological polar surface area (TPSA) is 76.0 Å². The third-order valence-electron chi connectivity index (χ3n) is 14.9. The molecule has 2 heterocycles. The summed E-state index contributed by atoms with van der Waals surface area (Å²) in [4.78, 5) is 12.6. The maximum absolute atomic E-state index is 12.6. The molecule has 2 saturated heterocycles. The van der Waals surface area contributed by atoms with Crippen molar-refractivity contribution < 1.29 is 24.5 Å². The van der Waals surface area contributed by atoms with Crippen molar-refractivity contribution in [2.24, 2.45) is 57.2 Å². The first-order valence-electron chi connectivity index (χ1n) is 18.3. The number of hydrogen-bond acceptors (Lipinski definition) is 5. The largest absolute Gasteiger partial charge is 0.374 e. The van der Waals surface area contributed by atoms with Gasteiger partial charge in [0.05, 0.1) is 12.2 Å². The highest BCUT2D eigenvalue weighted by molar-refractivity contribution is 5.73. The highest BCUT2D eigenvalue weighted by Gasteiger charge is 2.60. The van der Waals surface area contributed by atoms with Crippen LogP contribution in [0.5, 0.6) is 0 Å². The molecule has 5 heteroatoms. The summed E-state index contributed by atoms with van der Waals surface area (Å²) in [5.74, 6) is 1.30. The van der Waals surface area contributed by atoms with Gasteiger partial charge in [-0.2, -0.15) is 0 Å². The van der Waals surface area contributed by atoms with Crippen molar-refractivity contribution in [1.29, 1.82) is 0 Å². The molecule has 2 aliphatic heterocycles. The molecule has 6 fully saturated rings. The van der Waals surface area contributed by atoms with E-state index in [1.54, 1.807) is 0 Å². The molecule has 6 rings (SSSR count). The van der Waals surface area contributed by atoms with Gasteiger partial charge < -0.3 is 19.7 Å². The van der Waals surface area contributed by atoms with Crippen LogP contribution in [0, 0.1) is 57.2 Å². The highest BCUT2D eigenvalue weighted by Crippen LogP contribution is 2.64. The molecule has 4 saturated carbocycles. The first-order valence-corrected chi connectivity index (χ1v) is 18.3. The summed E-state index contributed by atoms with van der Waals surface area (Å²) in [7, 11) is 0. The van der Waals surface area contributed by atoms with Gasteiger partial charge in [0.2, 0.25) is 0 Å². The van der Waals surface area contributed by atoms with Gasteiger partial charge in [0, 0.05) is 18.3 Å². The molecule has 6 aliphatic rings. The van der Waals surface area contributed by atoms with Crippen LogP contribution in [-0.4, -0.2) is 41.3 Å². The quantitative estimate of drug-likeness (QED) is 0.169. The van der Waals surface area contributed by atoms with Crippen molar-refractivity contribution in [1.82, 2.24) is 0 Å². The van der Waals surface area contributed by atoms with Crippen LogP contribution in [0.25, 0.3) is 0 Å². The molecule has 0 aromatic carbocycles. The third-order valence-corrected chi connectivity index (χ3v) is 14.9. The van der Waals surface area contributed by atoms with E-state index in [0.29, 0.717) is 40.9 Å². The fourth-order valence-electron chi connectivity index (χ4n) is 12.7. The van der Waals surface area contributed by atoms with Crippen molar-refractivity contribution in [2.75, 3.05) is 0 Å². The van der Waals surface area contributed by atoms with Crippen LogP contribution in [0.15, 0.2) is 36.0 Å². The molecule has 4 aliphatic carbocycles. The lowest BCUT2D eigenvalue weighted by Gasteiger charge is -2.58. The van der Waals surface area contributed by atoms with E-state index in [4.69, 9.17) is 9.47 Å². The maximum atomic E-state index is 12.6. The number of aliphatic hydroxyl groups is 2. The van der Waals surface area contributed by atoms with E-state index in [0.717, 1.165) is 37.5 Å². The van der Waals surface area contributed by atoms with E-state index in [1.165, 1.54) is 62.5 Å². The lowest BCUT2D eigenvalue weighted by atomic mass is 9.47. The summed E-state index contributed by atoms with van der Waals surface area (Å²) in [5, 5.41) is 22.0. The van der Waals surface area contributed by atoms with E-state index in [2.05, 4.69) is 60.8 Å². The van der Waals surface area contributed by atoms with E-state index < -0.39 is 12.6 Å². The molecule has 0 bridgehead atoms. The van der Waals surface area contributed by atoms with E-state index in [-0.39, 0.29) is 34.9 Å². The Bertz CT molecular complexity index is 1200. The van der Waals surface area contributed by atoms with E-state index in [1.807, 2.05) is 0 Å². The summed E-state index contributed by atoms with van der Waals surface area (Å²) in [6, 6.07) is 0. The van der Waals surface area contributed by atoms with Crippen LogP contribution in [-0.2, 0) is 14.3 Å². The molecule has 0 amide bonds. The number of fused-ring (bicyclic) bond motifs is 3. The monoisotopic (exact) mass is 622 g/mol. The first kappa shape index (κ1) is 33.6.